The maximum absolute atomic E-state index is 12.0. The molecule has 1 amide bonds. The summed E-state index contributed by atoms with van der Waals surface area (Å²) in [5.74, 6) is -0.437. The number of carbonyl (C=O) groups excluding carboxylic acids is 1. The summed E-state index contributed by atoms with van der Waals surface area (Å²) in [5.41, 5.74) is 11.6. The zero-order valence-electron chi connectivity index (χ0n) is 17.3. The van der Waals surface area contributed by atoms with Crippen molar-refractivity contribution in [1.29, 1.82) is 0 Å². The second kappa shape index (κ2) is 8.76. The predicted molar refractivity (Wildman–Crippen MR) is 120 cm³/mol. The molecule has 0 atom stereocenters. The molecule has 30 heavy (non-hydrogen) atoms. The number of hydrogen-bond donors (Lipinski definition) is 3. The van der Waals surface area contributed by atoms with Crippen LogP contribution in [0.1, 0.15) is 52.9 Å². The van der Waals surface area contributed by atoms with Gasteiger partial charge in [-0.1, -0.05) is 24.3 Å². The van der Waals surface area contributed by atoms with Crippen molar-refractivity contribution in [2.24, 2.45) is 5.73 Å². The summed E-state index contributed by atoms with van der Waals surface area (Å²) in [7, 11) is 0. The Bertz CT molecular complexity index is 1030. The average Bonchev–Trinajstić information content (AvgIpc) is 3.19. The molecule has 2 aromatic carbocycles. The van der Waals surface area contributed by atoms with Crippen LogP contribution in [-0.4, -0.2) is 27.7 Å². The summed E-state index contributed by atoms with van der Waals surface area (Å²) in [6, 6.07) is 18.6. The fourth-order valence-corrected chi connectivity index (χ4v) is 4.27. The van der Waals surface area contributed by atoms with E-state index in [9.17, 15) is 9.90 Å². The van der Waals surface area contributed by atoms with Gasteiger partial charge in [0.25, 0.3) is 5.91 Å². The normalized spacial score (nSPS) is 18.9. The topological polar surface area (TPSA) is 80.3 Å². The highest BCUT2D eigenvalue weighted by Crippen LogP contribution is 2.27. The number of nitrogens with zero attached hydrogens (tertiary/aromatic N) is 1. The summed E-state index contributed by atoms with van der Waals surface area (Å²) >= 11 is 0. The fraction of sp³-hybridized carbons (Fsp3) is 0.320. The largest absolute Gasteiger partial charge is 0.393 e. The van der Waals surface area contributed by atoms with E-state index in [2.05, 4.69) is 47.1 Å². The number of hydrogen-bond acceptors (Lipinski definition) is 3. The van der Waals surface area contributed by atoms with Crippen molar-refractivity contribution < 1.29 is 9.90 Å². The van der Waals surface area contributed by atoms with Crippen LogP contribution in [-0.2, 0) is 6.42 Å². The Hall–Kier alpha value is -3.05. The summed E-state index contributed by atoms with van der Waals surface area (Å²) in [4.78, 5) is 12.0. The third kappa shape index (κ3) is 4.41. The first-order valence-corrected chi connectivity index (χ1v) is 10.6. The van der Waals surface area contributed by atoms with Gasteiger partial charge >= 0.3 is 0 Å². The van der Waals surface area contributed by atoms with Crippen molar-refractivity contribution in [2.75, 3.05) is 5.32 Å². The first-order chi connectivity index (χ1) is 14.5. The van der Waals surface area contributed by atoms with Crippen LogP contribution in [0.5, 0.6) is 0 Å². The molecule has 1 aliphatic rings. The molecule has 1 fully saturated rings. The van der Waals surface area contributed by atoms with E-state index in [1.165, 1.54) is 16.8 Å². The molecule has 1 aromatic heterocycles. The van der Waals surface area contributed by atoms with Crippen LogP contribution in [0.2, 0.25) is 0 Å². The van der Waals surface area contributed by atoms with Gasteiger partial charge in [0.1, 0.15) is 0 Å². The Morgan fingerprint density at radius 1 is 1.10 bits per heavy atom. The Kier molecular flexibility index (Phi) is 5.91. The standard InChI is InChI=1S/C25H29N3O2/c1-17-5-2-3-6-18(17)15-20-7-4-14-28(20)21-10-13-23(25(26)30)24(16-21)27-19-8-11-22(29)12-9-19/h2-7,10,13-14,16,19,22,27,29H,8-9,11-12,15H2,1H3,(H2,26,30). The summed E-state index contributed by atoms with van der Waals surface area (Å²) in [6.45, 7) is 2.13. The van der Waals surface area contributed by atoms with Crippen LogP contribution in [0.25, 0.3) is 5.69 Å². The van der Waals surface area contributed by atoms with Gasteiger partial charge in [-0.3, -0.25) is 4.79 Å². The zero-order chi connectivity index (χ0) is 21.1. The smallest absolute Gasteiger partial charge is 0.250 e. The van der Waals surface area contributed by atoms with Gasteiger partial charge in [-0.25, -0.2) is 0 Å². The highest BCUT2D eigenvalue weighted by atomic mass is 16.3. The monoisotopic (exact) mass is 403 g/mol. The third-order valence-electron chi connectivity index (χ3n) is 6.07. The molecule has 0 spiro atoms. The highest BCUT2D eigenvalue weighted by molar-refractivity contribution is 5.99. The van der Waals surface area contributed by atoms with Crippen LogP contribution < -0.4 is 11.1 Å². The molecule has 0 radical (unpaired) electrons. The second-order valence-corrected chi connectivity index (χ2v) is 8.22. The summed E-state index contributed by atoms with van der Waals surface area (Å²) < 4.78 is 2.16. The van der Waals surface area contributed by atoms with Gasteiger partial charge in [0.05, 0.1) is 11.7 Å². The van der Waals surface area contributed by atoms with Gasteiger partial charge in [-0.15, -0.1) is 0 Å². The maximum Gasteiger partial charge on any atom is 0.250 e. The molecule has 1 saturated carbocycles. The number of aliphatic hydroxyl groups is 1. The van der Waals surface area contributed by atoms with Crippen LogP contribution >= 0.6 is 0 Å². The van der Waals surface area contributed by atoms with E-state index in [1.807, 2.05) is 24.4 Å². The van der Waals surface area contributed by atoms with E-state index in [0.717, 1.165) is 43.5 Å². The van der Waals surface area contributed by atoms with Crippen molar-refractivity contribution in [2.45, 2.75) is 51.2 Å². The summed E-state index contributed by atoms with van der Waals surface area (Å²) in [6.07, 6.45) is 5.99. The van der Waals surface area contributed by atoms with Crippen LogP contribution in [0.4, 0.5) is 5.69 Å². The average molecular weight is 404 g/mol. The number of nitrogens with two attached hydrogens (primary N) is 1. The van der Waals surface area contributed by atoms with Crippen LogP contribution in [0.15, 0.2) is 60.8 Å². The number of anilines is 1. The van der Waals surface area contributed by atoms with E-state index in [1.54, 1.807) is 6.07 Å². The Morgan fingerprint density at radius 3 is 2.60 bits per heavy atom. The van der Waals surface area contributed by atoms with Crippen molar-refractivity contribution in [3.05, 3.63) is 83.2 Å². The van der Waals surface area contributed by atoms with E-state index >= 15 is 0 Å². The van der Waals surface area contributed by atoms with Crippen molar-refractivity contribution in [3.63, 3.8) is 0 Å². The maximum atomic E-state index is 12.0. The second-order valence-electron chi connectivity index (χ2n) is 8.22. The molecule has 1 aliphatic carbocycles. The molecule has 5 heteroatoms. The predicted octanol–water partition coefficient (Wildman–Crippen LogP) is 4.19. The van der Waals surface area contributed by atoms with E-state index in [4.69, 9.17) is 5.73 Å². The van der Waals surface area contributed by atoms with Gasteiger partial charge in [0.15, 0.2) is 0 Å². The van der Waals surface area contributed by atoms with Gasteiger partial charge < -0.3 is 20.7 Å². The molecule has 1 heterocycles. The lowest BCUT2D eigenvalue weighted by atomic mass is 9.92. The highest BCUT2D eigenvalue weighted by Gasteiger charge is 2.21. The minimum Gasteiger partial charge on any atom is -0.393 e. The number of nitrogens with one attached hydrogen (secondary N) is 1. The number of aliphatic hydroxyl groups excluding tert-OH is 1. The molecular weight excluding hydrogens is 374 g/mol. The SMILES string of the molecule is Cc1ccccc1Cc1cccn1-c1ccc(C(N)=O)c(NC2CCC(O)CC2)c1. The lowest BCUT2D eigenvalue weighted by Gasteiger charge is -2.28. The van der Waals surface area contributed by atoms with Crippen molar-refractivity contribution in [1.82, 2.24) is 4.57 Å². The minimum absolute atomic E-state index is 0.214. The lowest BCUT2D eigenvalue weighted by Crippen LogP contribution is -2.29. The Labute approximate surface area is 177 Å². The third-order valence-corrected chi connectivity index (χ3v) is 6.07. The van der Waals surface area contributed by atoms with Gasteiger partial charge in [0, 0.05) is 35.7 Å². The van der Waals surface area contributed by atoms with E-state index in [-0.39, 0.29) is 12.1 Å². The molecule has 156 valence electrons. The number of carbonyl (C=O) groups is 1. The minimum atomic E-state index is -0.437. The number of aryl methyl sites for hydroxylation is 1. The molecule has 4 N–H and O–H groups in total. The fourth-order valence-electron chi connectivity index (χ4n) is 4.27. The Morgan fingerprint density at radius 2 is 1.87 bits per heavy atom. The first-order valence-electron chi connectivity index (χ1n) is 10.6. The molecule has 0 bridgehead atoms. The number of aromatic nitrogens is 1. The molecule has 0 aliphatic heterocycles. The molecule has 5 nitrogen and oxygen atoms in total. The van der Waals surface area contributed by atoms with E-state index < -0.39 is 5.91 Å². The van der Waals surface area contributed by atoms with Gasteiger partial charge in [-0.05, 0) is 74.1 Å². The van der Waals surface area contributed by atoms with Crippen molar-refractivity contribution >= 4 is 11.6 Å². The van der Waals surface area contributed by atoms with Crippen molar-refractivity contribution in [3.8, 4) is 5.69 Å². The van der Waals surface area contributed by atoms with Gasteiger partial charge in [-0.2, -0.15) is 0 Å². The first kappa shape index (κ1) is 20.2. The summed E-state index contributed by atoms with van der Waals surface area (Å²) in [5, 5.41) is 13.3. The molecule has 0 unspecified atom stereocenters. The van der Waals surface area contributed by atoms with Crippen LogP contribution in [0, 0.1) is 6.92 Å². The quantitative estimate of drug-likeness (QED) is 0.577. The Balaban J connectivity index is 1.63. The molecule has 3 aromatic rings. The van der Waals surface area contributed by atoms with Crippen LogP contribution in [0.3, 0.4) is 0 Å². The van der Waals surface area contributed by atoms with E-state index in [0.29, 0.717) is 5.56 Å². The number of rotatable bonds is 6. The number of amides is 1. The molecule has 4 rings (SSSR count). The lowest BCUT2D eigenvalue weighted by molar-refractivity contribution is 0.100. The molecular formula is C25H29N3O2. The number of primary amides is 1. The zero-order valence-corrected chi connectivity index (χ0v) is 17.3. The number of benzene rings is 2. The molecule has 0 saturated heterocycles. The van der Waals surface area contributed by atoms with Gasteiger partial charge in [0.2, 0.25) is 0 Å².